The van der Waals surface area contributed by atoms with E-state index in [1.54, 1.807) is 13.4 Å². The summed E-state index contributed by atoms with van der Waals surface area (Å²) in [5, 5.41) is 0. The highest BCUT2D eigenvalue weighted by Crippen LogP contribution is 2.23. The van der Waals surface area contributed by atoms with E-state index in [1.165, 1.54) is 6.33 Å². The van der Waals surface area contributed by atoms with E-state index in [4.69, 9.17) is 4.74 Å². The number of aromatic nitrogens is 4. The SMILES string of the molecule is COc1ncnc2c1ncn2C1C=CC=CC=C1. The zero-order valence-corrected chi connectivity index (χ0v) is 9.89. The molecule has 0 radical (unpaired) electrons. The van der Waals surface area contributed by atoms with Crippen LogP contribution in [0.5, 0.6) is 5.88 Å². The number of nitrogens with zero attached hydrogens (tertiary/aromatic N) is 4. The molecular formula is C13H12N4O. The largest absolute Gasteiger partial charge is 0.479 e. The second kappa shape index (κ2) is 4.44. The second-order valence-corrected chi connectivity index (χ2v) is 3.85. The first kappa shape index (κ1) is 10.7. The van der Waals surface area contributed by atoms with Crippen molar-refractivity contribution >= 4 is 11.2 Å². The van der Waals surface area contributed by atoms with E-state index >= 15 is 0 Å². The lowest BCUT2D eigenvalue weighted by Gasteiger charge is -2.09. The minimum Gasteiger partial charge on any atom is -0.479 e. The number of methoxy groups -OCH3 is 1. The fourth-order valence-corrected chi connectivity index (χ4v) is 1.93. The molecular weight excluding hydrogens is 228 g/mol. The van der Waals surface area contributed by atoms with Crippen LogP contribution in [0.3, 0.4) is 0 Å². The Kier molecular flexibility index (Phi) is 2.64. The number of fused-ring (bicyclic) bond motifs is 1. The van der Waals surface area contributed by atoms with Gasteiger partial charge in [0, 0.05) is 0 Å². The molecule has 0 spiro atoms. The van der Waals surface area contributed by atoms with E-state index in [2.05, 4.69) is 27.1 Å². The summed E-state index contributed by atoms with van der Waals surface area (Å²) in [6.07, 6.45) is 15.4. The van der Waals surface area contributed by atoms with Gasteiger partial charge >= 0.3 is 0 Å². The molecule has 0 atom stereocenters. The van der Waals surface area contributed by atoms with Crippen LogP contribution in [0, 0.1) is 0 Å². The van der Waals surface area contributed by atoms with Gasteiger partial charge in [0.25, 0.3) is 0 Å². The third-order valence-corrected chi connectivity index (χ3v) is 2.79. The third kappa shape index (κ3) is 1.69. The first-order valence-corrected chi connectivity index (χ1v) is 5.63. The number of imidazole rings is 1. The Balaban J connectivity index is 2.13. The summed E-state index contributed by atoms with van der Waals surface area (Å²) in [4.78, 5) is 12.6. The highest BCUT2D eigenvalue weighted by Gasteiger charge is 2.13. The van der Waals surface area contributed by atoms with E-state index in [9.17, 15) is 0 Å². The van der Waals surface area contributed by atoms with Crippen molar-refractivity contribution < 1.29 is 4.74 Å². The Morgan fingerprint density at radius 2 is 1.83 bits per heavy atom. The van der Waals surface area contributed by atoms with Gasteiger partial charge in [0.05, 0.1) is 19.5 Å². The molecule has 90 valence electrons. The van der Waals surface area contributed by atoms with Crippen molar-refractivity contribution in [1.82, 2.24) is 19.5 Å². The average molecular weight is 240 g/mol. The van der Waals surface area contributed by atoms with E-state index in [-0.39, 0.29) is 6.04 Å². The predicted octanol–water partition coefficient (Wildman–Crippen LogP) is 2.06. The number of rotatable bonds is 2. The Morgan fingerprint density at radius 3 is 2.56 bits per heavy atom. The molecule has 2 heterocycles. The van der Waals surface area contributed by atoms with Crippen molar-refractivity contribution in [2.45, 2.75) is 6.04 Å². The maximum Gasteiger partial charge on any atom is 0.245 e. The summed E-state index contributed by atoms with van der Waals surface area (Å²) in [5.41, 5.74) is 1.45. The van der Waals surface area contributed by atoms with E-state index in [1.807, 2.05) is 28.9 Å². The molecule has 5 heteroatoms. The van der Waals surface area contributed by atoms with Gasteiger partial charge in [0.15, 0.2) is 11.2 Å². The van der Waals surface area contributed by atoms with Gasteiger partial charge in [-0.15, -0.1) is 0 Å². The first-order valence-electron chi connectivity index (χ1n) is 5.63. The smallest absolute Gasteiger partial charge is 0.245 e. The summed E-state index contributed by atoms with van der Waals surface area (Å²) in [5.74, 6) is 0.499. The van der Waals surface area contributed by atoms with Crippen molar-refractivity contribution in [3.05, 3.63) is 49.1 Å². The lowest BCUT2D eigenvalue weighted by Crippen LogP contribution is -2.03. The maximum absolute atomic E-state index is 5.18. The van der Waals surface area contributed by atoms with Gasteiger partial charge < -0.3 is 9.30 Å². The highest BCUT2D eigenvalue weighted by molar-refractivity contribution is 5.76. The van der Waals surface area contributed by atoms with Gasteiger partial charge in [-0.2, -0.15) is 4.98 Å². The molecule has 0 aromatic carbocycles. The van der Waals surface area contributed by atoms with E-state index in [0.29, 0.717) is 11.4 Å². The lowest BCUT2D eigenvalue weighted by molar-refractivity contribution is 0.401. The topological polar surface area (TPSA) is 52.8 Å². The molecule has 0 fully saturated rings. The summed E-state index contributed by atoms with van der Waals surface area (Å²) >= 11 is 0. The van der Waals surface area contributed by atoms with Gasteiger partial charge in [0.2, 0.25) is 5.88 Å². The summed E-state index contributed by atoms with van der Waals surface area (Å²) in [6, 6.07) is 0.101. The minimum atomic E-state index is 0.101. The van der Waals surface area contributed by atoms with Crippen LogP contribution >= 0.6 is 0 Å². The number of hydrogen-bond donors (Lipinski definition) is 0. The standard InChI is InChI=1S/C13H12N4O/c1-18-13-11-12(14-8-15-13)17(9-16-11)10-6-4-2-3-5-7-10/h2-10H,1H3. The van der Waals surface area contributed by atoms with Crippen molar-refractivity contribution in [1.29, 1.82) is 0 Å². The molecule has 0 saturated carbocycles. The molecule has 3 rings (SSSR count). The van der Waals surface area contributed by atoms with Crippen molar-refractivity contribution in [3.8, 4) is 5.88 Å². The van der Waals surface area contributed by atoms with Crippen molar-refractivity contribution in [2.24, 2.45) is 0 Å². The van der Waals surface area contributed by atoms with Crippen LogP contribution in [0.1, 0.15) is 6.04 Å². The second-order valence-electron chi connectivity index (χ2n) is 3.85. The molecule has 0 saturated heterocycles. The summed E-state index contributed by atoms with van der Waals surface area (Å²) in [7, 11) is 1.58. The number of allylic oxidation sites excluding steroid dienone is 6. The molecule has 18 heavy (non-hydrogen) atoms. The van der Waals surface area contributed by atoms with Crippen LogP contribution in [0.15, 0.2) is 49.1 Å². The fourth-order valence-electron chi connectivity index (χ4n) is 1.93. The molecule has 0 amide bonds. The number of ether oxygens (including phenoxy) is 1. The third-order valence-electron chi connectivity index (χ3n) is 2.79. The molecule has 0 aliphatic heterocycles. The normalized spacial score (nSPS) is 15.2. The number of hydrogen-bond acceptors (Lipinski definition) is 4. The predicted molar refractivity (Wildman–Crippen MR) is 68.3 cm³/mol. The zero-order chi connectivity index (χ0) is 12.4. The monoisotopic (exact) mass is 240 g/mol. The van der Waals surface area contributed by atoms with E-state index in [0.717, 1.165) is 5.65 Å². The molecule has 0 bridgehead atoms. The molecule has 2 aromatic heterocycles. The van der Waals surface area contributed by atoms with Crippen molar-refractivity contribution in [3.63, 3.8) is 0 Å². The Labute approximate surface area is 104 Å². The Hall–Kier alpha value is -2.43. The van der Waals surface area contributed by atoms with Crippen LogP contribution in [-0.2, 0) is 0 Å². The molecule has 0 N–H and O–H groups in total. The van der Waals surface area contributed by atoms with Crippen LogP contribution < -0.4 is 4.74 Å². The quantitative estimate of drug-likeness (QED) is 0.806. The summed E-state index contributed by atoms with van der Waals surface area (Å²) in [6.45, 7) is 0. The minimum absolute atomic E-state index is 0.101. The maximum atomic E-state index is 5.18. The van der Waals surface area contributed by atoms with Gasteiger partial charge in [-0.25, -0.2) is 9.97 Å². The first-order chi connectivity index (χ1) is 8.90. The van der Waals surface area contributed by atoms with E-state index < -0.39 is 0 Å². The van der Waals surface area contributed by atoms with Crippen LogP contribution in [0.2, 0.25) is 0 Å². The van der Waals surface area contributed by atoms with Crippen LogP contribution in [-0.4, -0.2) is 26.6 Å². The zero-order valence-electron chi connectivity index (χ0n) is 9.89. The average Bonchev–Trinajstić information content (AvgIpc) is 2.66. The molecule has 5 nitrogen and oxygen atoms in total. The Morgan fingerprint density at radius 1 is 1.06 bits per heavy atom. The van der Waals surface area contributed by atoms with Gasteiger partial charge in [-0.05, 0) is 0 Å². The Bertz CT molecular complexity index is 638. The molecule has 1 aliphatic rings. The molecule has 1 aliphatic carbocycles. The van der Waals surface area contributed by atoms with Crippen LogP contribution in [0.25, 0.3) is 11.2 Å². The van der Waals surface area contributed by atoms with Gasteiger partial charge in [-0.1, -0.05) is 36.5 Å². The van der Waals surface area contributed by atoms with Gasteiger partial charge in [-0.3, -0.25) is 0 Å². The highest BCUT2D eigenvalue weighted by atomic mass is 16.5. The molecule has 2 aromatic rings. The van der Waals surface area contributed by atoms with Gasteiger partial charge in [0.1, 0.15) is 6.33 Å². The lowest BCUT2D eigenvalue weighted by atomic mass is 10.2. The molecule has 0 unspecified atom stereocenters. The van der Waals surface area contributed by atoms with Crippen LogP contribution in [0.4, 0.5) is 0 Å². The fraction of sp³-hybridized carbons (Fsp3) is 0.154. The van der Waals surface area contributed by atoms with Crippen molar-refractivity contribution in [2.75, 3.05) is 7.11 Å². The summed E-state index contributed by atoms with van der Waals surface area (Å²) < 4.78 is 7.16.